The van der Waals surface area contributed by atoms with Gasteiger partial charge < -0.3 is 9.47 Å². The Balaban J connectivity index is 1.97. The SMILES string of the molecule is CCCN1CC(C(=O)OC)n2c(c(-c3cccc(C(F)(F)F)c3)c(Cc3cccc4ccccc34)c(OCC)c2=O)S1(=O)=O. The first-order chi connectivity index (χ1) is 20.9. The topological polar surface area (TPSA) is 94.9 Å². The lowest BCUT2D eigenvalue weighted by Gasteiger charge is -2.36. The van der Waals surface area contributed by atoms with E-state index in [1.165, 1.54) is 12.1 Å². The molecule has 0 spiro atoms. The number of alkyl halides is 3. The number of carbonyl (C=O) groups is 1. The lowest BCUT2D eigenvalue weighted by atomic mass is 9.92. The Morgan fingerprint density at radius 3 is 2.41 bits per heavy atom. The molecule has 8 nitrogen and oxygen atoms in total. The number of benzene rings is 3. The van der Waals surface area contributed by atoms with Gasteiger partial charge in [0, 0.05) is 30.6 Å². The van der Waals surface area contributed by atoms with Gasteiger partial charge in [0.05, 0.1) is 19.3 Å². The maximum Gasteiger partial charge on any atom is 0.416 e. The number of halogens is 3. The molecular formula is C32H31F3N2O6S. The highest BCUT2D eigenvalue weighted by atomic mass is 32.2. The van der Waals surface area contributed by atoms with Crippen molar-refractivity contribution in [3.8, 4) is 16.9 Å². The molecule has 4 aromatic rings. The molecule has 44 heavy (non-hydrogen) atoms. The van der Waals surface area contributed by atoms with Gasteiger partial charge in [0.15, 0.2) is 10.8 Å². The average Bonchev–Trinajstić information content (AvgIpc) is 3.00. The Morgan fingerprint density at radius 2 is 1.73 bits per heavy atom. The van der Waals surface area contributed by atoms with Crippen molar-refractivity contribution in [1.29, 1.82) is 0 Å². The lowest BCUT2D eigenvalue weighted by molar-refractivity contribution is -0.145. The first kappa shape index (κ1) is 31.3. The molecule has 2 heterocycles. The summed E-state index contributed by atoms with van der Waals surface area (Å²) in [5, 5.41) is 1.12. The minimum atomic E-state index is -4.73. The van der Waals surface area contributed by atoms with Crippen LogP contribution >= 0.6 is 0 Å². The van der Waals surface area contributed by atoms with Crippen LogP contribution in [0.4, 0.5) is 13.2 Å². The van der Waals surface area contributed by atoms with Crippen molar-refractivity contribution in [3.05, 3.63) is 93.8 Å². The van der Waals surface area contributed by atoms with Gasteiger partial charge >= 0.3 is 12.1 Å². The number of hydrogen-bond donors (Lipinski definition) is 0. The van der Waals surface area contributed by atoms with Crippen LogP contribution in [-0.4, -0.2) is 50.1 Å². The molecule has 0 aliphatic carbocycles. The molecule has 0 amide bonds. The fourth-order valence-electron chi connectivity index (χ4n) is 5.75. The second kappa shape index (κ2) is 12.1. The van der Waals surface area contributed by atoms with Gasteiger partial charge in [-0.1, -0.05) is 61.5 Å². The van der Waals surface area contributed by atoms with Crippen LogP contribution in [0.15, 0.2) is 76.6 Å². The molecule has 3 aromatic carbocycles. The van der Waals surface area contributed by atoms with Crippen LogP contribution in [0.2, 0.25) is 0 Å². The van der Waals surface area contributed by atoms with E-state index in [2.05, 4.69) is 0 Å². The van der Waals surface area contributed by atoms with E-state index in [4.69, 9.17) is 9.47 Å². The third-order valence-electron chi connectivity index (χ3n) is 7.65. The first-order valence-corrected chi connectivity index (χ1v) is 15.5. The Morgan fingerprint density at radius 1 is 1.02 bits per heavy atom. The fourth-order valence-corrected chi connectivity index (χ4v) is 7.71. The third-order valence-corrected chi connectivity index (χ3v) is 9.56. The van der Waals surface area contributed by atoms with Crippen molar-refractivity contribution >= 4 is 26.8 Å². The highest BCUT2D eigenvalue weighted by molar-refractivity contribution is 7.89. The van der Waals surface area contributed by atoms with E-state index in [0.29, 0.717) is 12.0 Å². The molecule has 0 N–H and O–H groups in total. The monoisotopic (exact) mass is 628 g/mol. The van der Waals surface area contributed by atoms with Crippen molar-refractivity contribution in [2.24, 2.45) is 0 Å². The number of nitrogens with zero attached hydrogens (tertiary/aromatic N) is 2. The fraction of sp³-hybridized carbons (Fsp3) is 0.312. The molecule has 0 bridgehead atoms. The normalized spacial score (nSPS) is 16.5. The number of ether oxygens (including phenoxy) is 2. The number of carbonyl (C=O) groups excluding carboxylic acids is 1. The van der Waals surface area contributed by atoms with E-state index >= 15 is 0 Å². The lowest BCUT2D eigenvalue weighted by Crippen LogP contribution is -2.50. The number of hydrogen-bond acceptors (Lipinski definition) is 6. The summed E-state index contributed by atoms with van der Waals surface area (Å²) >= 11 is 0. The predicted octanol–water partition coefficient (Wildman–Crippen LogP) is 5.81. The molecule has 5 rings (SSSR count). The predicted molar refractivity (Wildman–Crippen MR) is 159 cm³/mol. The van der Waals surface area contributed by atoms with Gasteiger partial charge in [-0.2, -0.15) is 17.5 Å². The number of methoxy groups -OCH3 is 1. The van der Waals surface area contributed by atoms with E-state index in [1.54, 1.807) is 26.0 Å². The molecular weight excluding hydrogens is 597 g/mol. The molecule has 1 unspecified atom stereocenters. The van der Waals surface area contributed by atoms with Crippen LogP contribution in [0.1, 0.15) is 43.0 Å². The van der Waals surface area contributed by atoms with E-state index in [0.717, 1.165) is 38.9 Å². The average molecular weight is 629 g/mol. The summed E-state index contributed by atoms with van der Waals surface area (Å²) in [5.74, 6) is -1.12. The van der Waals surface area contributed by atoms with Crippen molar-refractivity contribution in [2.45, 2.75) is 43.9 Å². The summed E-state index contributed by atoms with van der Waals surface area (Å²) in [4.78, 5) is 27.3. The smallest absolute Gasteiger partial charge is 0.416 e. The summed E-state index contributed by atoms with van der Waals surface area (Å²) in [7, 11) is -3.39. The summed E-state index contributed by atoms with van der Waals surface area (Å²) in [6.07, 6.45) is -4.39. The maximum absolute atomic E-state index is 14.3. The zero-order valence-corrected chi connectivity index (χ0v) is 25.2. The largest absolute Gasteiger partial charge is 0.488 e. The van der Waals surface area contributed by atoms with E-state index in [9.17, 15) is 31.2 Å². The summed E-state index contributed by atoms with van der Waals surface area (Å²) in [6.45, 7) is 3.01. The number of fused-ring (bicyclic) bond motifs is 2. The molecule has 0 saturated heterocycles. The molecule has 12 heteroatoms. The maximum atomic E-state index is 14.3. The van der Waals surface area contributed by atoms with Gasteiger partial charge in [-0.15, -0.1) is 0 Å². The van der Waals surface area contributed by atoms with Crippen molar-refractivity contribution in [1.82, 2.24) is 8.87 Å². The Hall–Kier alpha value is -4.16. The van der Waals surface area contributed by atoms with Crippen LogP contribution in [0.3, 0.4) is 0 Å². The second-order valence-electron chi connectivity index (χ2n) is 10.4. The van der Waals surface area contributed by atoms with E-state index in [-0.39, 0.29) is 48.6 Å². The molecule has 232 valence electrons. The Labute approximate surface area is 252 Å². The number of sulfonamides is 1. The quantitative estimate of drug-likeness (QED) is 0.229. The van der Waals surface area contributed by atoms with Crippen molar-refractivity contribution in [3.63, 3.8) is 0 Å². The van der Waals surface area contributed by atoms with E-state index in [1.807, 2.05) is 30.3 Å². The number of aromatic nitrogens is 1. The highest BCUT2D eigenvalue weighted by Gasteiger charge is 2.45. The van der Waals surface area contributed by atoms with Crippen LogP contribution in [0.25, 0.3) is 21.9 Å². The summed E-state index contributed by atoms with van der Waals surface area (Å²) in [6, 6.07) is 15.8. The summed E-state index contributed by atoms with van der Waals surface area (Å²) in [5.41, 5.74) is -1.32. The number of esters is 1. The van der Waals surface area contributed by atoms with Crippen molar-refractivity contribution < 1.29 is 35.9 Å². The molecule has 1 aliphatic rings. The van der Waals surface area contributed by atoms with Gasteiger partial charge in [-0.05, 0) is 47.4 Å². The molecule has 1 aromatic heterocycles. The highest BCUT2D eigenvalue weighted by Crippen LogP contribution is 2.43. The minimum Gasteiger partial charge on any atom is -0.488 e. The first-order valence-electron chi connectivity index (χ1n) is 14.1. The van der Waals surface area contributed by atoms with Crippen LogP contribution in [0.5, 0.6) is 5.75 Å². The molecule has 1 aliphatic heterocycles. The molecule has 0 saturated carbocycles. The van der Waals surface area contributed by atoms with Gasteiger partial charge in [0.2, 0.25) is 0 Å². The third kappa shape index (κ3) is 5.48. The number of rotatable bonds is 8. The standard InChI is InChI=1S/C32H31F3N2O6S/c1-4-16-36-19-26(31(39)42-3)37-29(38)28(43-5-2)25(18-21-12-8-11-20-10-6-7-15-24(20)21)27(30(37)44(36,40)41)22-13-9-14-23(17-22)32(33,34)35/h6-15,17,26H,4-5,16,18-19H2,1-3H3. The Kier molecular flexibility index (Phi) is 8.59. The Bertz CT molecular complexity index is 1900. The zero-order chi connectivity index (χ0) is 31.8. The van der Waals surface area contributed by atoms with Crippen LogP contribution in [-0.2, 0) is 32.2 Å². The van der Waals surface area contributed by atoms with E-state index < -0.39 is 44.4 Å². The van der Waals surface area contributed by atoms with Gasteiger partial charge in [-0.3, -0.25) is 9.36 Å². The molecule has 0 radical (unpaired) electrons. The number of pyridine rings is 1. The van der Waals surface area contributed by atoms with Crippen LogP contribution in [0, 0.1) is 0 Å². The second-order valence-corrected chi connectivity index (χ2v) is 12.2. The van der Waals surface area contributed by atoms with Gasteiger partial charge in [0.1, 0.15) is 6.04 Å². The minimum absolute atomic E-state index is 0.00322. The van der Waals surface area contributed by atoms with Crippen molar-refractivity contribution in [2.75, 3.05) is 26.8 Å². The van der Waals surface area contributed by atoms with Gasteiger partial charge in [0.25, 0.3) is 15.6 Å². The molecule has 1 atom stereocenters. The molecule has 0 fully saturated rings. The zero-order valence-electron chi connectivity index (χ0n) is 24.3. The van der Waals surface area contributed by atoms with Crippen LogP contribution < -0.4 is 10.3 Å². The summed E-state index contributed by atoms with van der Waals surface area (Å²) < 4.78 is 83.3. The van der Waals surface area contributed by atoms with Gasteiger partial charge in [-0.25, -0.2) is 13.2 Å².